The van der Waals surface area contributed by atoms with Gasteiger partial charge in [-0.3, -0.25) is 10.4 Å². The van der Waals surface area contributed by atoms with Crippen molar-refractivity contribution in [3.63, 3.8) is 0 Å². The Morgan fingerprint density at radius 2 is 2.11 bits per heavy atom. The lowest BCUT2D eigenvalue weighted by molar-refractivity contribution is 0.318. The molecule has 0 spiro atoms. The number of benzene rings is 1. The normalized spacial score (nSPS) is 10.2. The van der Waals surface area contributed by atoms with Crippen molar-refractivity contribution in [2.45, 2.75) is 13.3 Å². The number of nitrogens with two attached hydrogens (primary N) is 1. The standard InChI is InChI=1S/C15H17N3O/c1-11-5-4-7-13(15(16)17)14(11)19-10-8-12-6-2-3-9-18-12/h2-7,9H,8,10H2,1H3,(H3,16,17). The molecule has 1 aromatic carbocycles. The summed E-state index contributed by atoms with van der Waals surface area (Å²) in [5, 5.41) is 7.56. The van der Waals surface area contributed by atoms with Gasteiger partial charge in [0.05, 0.1) is 12.2 Å². The Labute approximate surface area is 112 Å². The van der Waals surface area contributed by atoms with Gasteiger partial charge in [-0.25, -0.2) is 0 Å². The maximum Gasteiger partial charge on any atom is 0.133 e. The van der Waals surface area contributed by atoms with Crippen molar-refractivity contribution < 1.29 is 4.74 Å². The first kappa shape index (κ1) is 13.1. The Hall–Kier alpha value is -2.36. The van der Waals surface area contributed by atoms with E-state index in [1.807, 2.05) is 37.3 Å². The first-order valence-corrected chi connectivity index (χ1v) is 6.15. The Balaban J connectivity index is 2.05. The van der Waals surface area contributed by atoms with Gasteiger partial charge in [0.1, 0.15) is 11.6 Å². The van der Waals surface area contributed by atoms with Gasteiger partial charge in [-0.05, 0) is 30.7 Å². The number of nitrogen functional groups attached to an aromatic ring is 1. The number of aromatic nitrogens is 1. The van der Waals surface area contributed by atoms with Crippen LogP contribution in [0.1, 0.15) is 16.8 Å². The smallest absolute Gasteiger partial charge is 0.133 e. The number of amidine groups is 1. The van der Waals surface area contributed by atoms with E-state index in [0.717, 1.165) is 17.7 Å². The van der Waals surface area contributed by atoms with Crippen LogP contribution < -0.4 is 10.5 Å². The van der Waals surface area contributed by atoms with Gasteiger partial charge < -0.3 is 10.5 Å². The monoisotopic (exact) mass is 255 g/mol. The second kappa shape index (κ2) is 6.00. The van der Waals surface area contributed by atoms with E-state index >= 15 is 0 Å². The molecule has 0 unspecified atom stereocenters. The molecule has 0 radical (unpaired) electrons. The summed E-state index contributed by atoms with van der Waals surface area (Å²) < 4.78 is 5.77. The highest BCUT2D eigenvalue weighted by Crippen LogP contribution is 2.23. The molecule has 2 rings (SSSR count). The van der Waals surface area contributed by atoms with E-state index in [1.54, 1.807) is 12.3 Å². The number of hydrogen-bond donors (Lipinski definition) is 2. The minimum atomic E-state index is 0.0246. The molecule has 0 aliphatic heterocycles. The fourth-order valence-electron chi connectivity index (χ4n) is 1.86. The average molecular weight is 255 g/mol. The van der Waals surface area contributed by atoms with Gasteiger partial charge in [-0.2, -0.15) is 0 Å². The van der Waals surface area contributed by atoms with Crippen LogP contribution in [0.4, 0.5) is 0 Å². The zero-order valence-electron chi connectivity index (χ0n) is 10.9. The number of aryl methyl sites for hydroxylation is 1. The highest BCUT2D eigenvalue weighted by atomic mass is 16.5. The van der Waals surface area contributed by atoms with Gasteiger partial charge in [0, 0.05) is 18.3 Å². The topological polar surface area (TPSA) is 72.0 Å². The third-order valence-electron chi connectivity index (χ3n) is 2.83. The molecule has 0 saturated heterocycles. The zero-order chi connectivity index (χ0) is 13.7. The lowest BCUT2D eigenvalue weighted by Crippen LogP contribution is -2.14. The molecule has 0 aliphatic rings. The predicted molar refractivity (Wildman–Crippen MR) is 75.6 cm³/mol. The van der Waals surface area contributed by atoms with Crippen molar-refractivity contribution in [1.82, 2.24) is 4.98 Å². The van der Waals surface area contributed by atoms with Gasteiger partial charge in [-0.1, -0.05) is 18.2 Å². The van der Waals surface area contributed by atoms with Gasteiger partial charge in [0.15, 0.2) is 0 Å². The highest BCUT2D eigenvalue weighted by Gasteiger charge is 2.09. The van der Waals surface area contributed by atoms with Crippen LogP contribution in [0.2, 0.25) is 0 Å². The third-order valence-corrected chi connectivity index (χ3v) is 2.83. The quantitative estimate of drug-likeness (QED) is 0.636. The van der Waals surface area contributed by atoms with E-state index in [0.29, 0.717) is 17.9 Å². The van der Waals surface area contributed by atoms with Crippen LogP contribution in [0.3, 0.4) is 0 Å². The second-order valence-corrected chi connectivity index (χ2v) is 4.28. The Bertz CT molecular complexity index is 567. The molecule has 3 N–H and O–H groups in total. The summed E-state index contributed by atoms with van der Waals surface area (Å²) in [5.41, 5.74) is 8.16. The van der Waals surface area contributed by atoms with E-state index in [-0.39, 0.29) is 5.84 Å². The van der Waals surface area contributed by atoms with Crippen molar-refractivity contribution in [1.29, 1.82) is 5.41 Å². The first-order valence-electron chi connectivity index (χ1n) is 6.15. The molecule has 1 heterocycles. The number of ether oxygens (including phenoxy) is 1. The number of pyridine rings is 1. The van der Waals surface area contributed by atoms with Crippen LogP contribution in [0.5, 0.6) is 5.75 Å². The van der Waals surface area contributed by atoms with Crippen LogP contribution in [-0.2, 0) is 6.42 Å². The molecule has 19 heavy (non-hydrogen) atoms. The molecule has 0 atom stereocenters. The minimum absolute atomic E-state index is 0.0246. The number of para-hydroxylation sites is 1. The second-order valence-electron chi connectivity index (χ2n) is 4.28. The maximum atomic E-state index is 7.56. The summed E-state index contributed by atoms with van der Waals surface area (Å²) in [5.74, 6) is 0.711. The number of hydrogen-bond acceptors (Lipinski definition) is 3. The summed E-state index contributed by atoms with van der Waals surface area (Å²) in [6.45, 7) is 2.46. The van der Waals surface area contributed by atoms with Crippen molar-refractivity contribution in [2.24, 2.45) is 5.73 Å². The Morgan fingerprint density at radius 3 is 2.79 bits per heavy atom. The van der Waals surface area contributed by atoms with Crippen molar-refractivity contribution >= 4 is 5.84 Å². The molecule has 0 aliphatic carbocycles. The van der Waals surface area contributed by atoms with Crippen molar-refractivity contribution in [3.8, 4) is 5.75 Å². The molecule has 0 amide bonds. The van der Waals surface area contributed by atoms with E-state index < -0.39 is 0 Å². The lowest BCUT2D eigenvalue weighted by atomic mass is 10.1. The van der Waals surface area contributed by atoms with Crippen LogP contribution in [0.25, 0.3) is 0 Å². The molecule has 98 valence electrons. The van der Waals surface area contributed by atoms with Gasteiger partial charge in [0.2, 0.25) is 0 Å². The Kier molecular flexibility index (Phi) is 4.13. The fourth-order valence-corrected chi connectivity index (χ4v) is 1.86. The number of rotatable bonds is 5. The SMILES string of the molecule is Cc1cccc(C(=N)N)c1OCCc1ccccn1. The van der Waals surface area contributed by atoms with E-state index in [1.165, 1.54) is 0 Å². The van der Waals surface area contributed by atoms with Gasteiger partial charge in [-0.15, -0.1) is 0 Å². The molecular weight excluding hydrogens is 238 g/mol. The number of nitrogens with zero attached hydrogens (tertiary/aromatic N) is 1. The van der Waals surface area contributed by atoms with Crippen LogP contribution in [0, 0.1) is 12.3 Å². The van der Waals surface area contributed by atoms with Crippen LogP contribution in [0.15, 0.2) is 42.6 Å². The fraction of sp³-hybridized carbons (Fsp3) is 0.200. The predicted octanol–water partition coefficient (Wildman–Crippen LogP) is 2.30. The molecule has 1 aromatic heterocycles. The first-order chi connectivity index (χ1) is 9.18. The van der Waals surface area contributed by atoms with Gasteiger partial charge in [0.25, 0.3) is 0 Å². The Morgan fingerprint density at radius 1 is 1.26 bits per heavy atom. The molecule has 4 heteroatoms. The van der Waals surface area contributed by atoms with E-state index in [2.05, 4.69) is 4.98 Å². The minimum Gasteiger partial charge on any atom is -0.492 e. The summed E-state index contributed by atoms with van der Waals surface area (Å²) >= 11 is 0. The summed E-state index contributed by atoms with van der Waals surface area (Å²) in [7, 11) is 0. The summed E-state index contributed by atoms with van der Waals surface area (Å²) in [6.07, 6.45) is 2.50. The lowest BCUT2D eigenvalue weighted by Gasteiger charge is -2.13. The van der Waals surface area contributed by atoms with Crippen molar-refractivity contribution in [2.75, 3.05) is 6.61 Å². The largest absolute Gasteiger partial charge is 0.492 e. The zero-order valence-corrected chi connectivity index (χ0v) is 10.9. The van der Waals surface area contributed by atoms with E-state index in [9.17, 15) is 0 Å². The van der Waals surface area contributed by atoms with Gasteiger partial charge >= 0.3 is 0 Å². The number of nitrogens with one attached hydrogen (secondary N) is 1. The highest BCUT2D eigenvalue weighted by molar-refractivity contribution is 5.98. The van der Waals surface area contributed by atoms with Crippen molar-refractivity contribution in [3.05, 3.63) is 59.4 Å². The molecule has 4 nitrogen and oxygen atoms in total. The molecule has 0 fully saturated rings. The summed E-state index contributed by atoms with van der Waals surface area (Å²) in [6, 6.07) is 11.4. The molecule has 0 bridgehead atoms. The van der Waals surface area contributed by atoms with Crippen LogP contribution in [-0.4, -0.2) is 17.4 Å². The third kappa shape index (κ3) is 3.31. The summed E-state index contributed by atoms with van der Waals surface area (Å²) in [4.78, 5) is 4.24. The van der Waals surface area contributed by atoms with Crippen LogP contribution >= 0.6 is 0 Å². The molecule has 2 aromatic rings. The average Bonchev–Trinajstić information content (AvgIpc) is 2.41. The molecule has 0 saturated carbocycles. The molecular formula is C15H17N3O. The maximum absolute atomic E-state index is 7.56. The van der Waals surface area contributed by atoms with E-state index in [4.69, 9.17) is 15.9 Å².